The van der Waals surface area contributed by atoms with Crippen LogP contribution in [0, 0.1) is 29.1 Å². The minimum Gasteiger partial charge on any atom is -0.365 e. The maximum atomic E-state index is 13.7. The highest BCUT2D eigenvalue weighted by molar-refractivity contribution is 5.50. The Morgan fingerprint density at radius 3 is 2.05 bits per heavy atom. The van der Waals surface area contributed by atoms with Crippen molar-refractivity contribution in [2.45, 2.75) is 19.4 Å². The average Bonchev–Trinajstić information content (AvgIpc) is 2.59. The van der Waals surface area contributed by atoms with Crippen molar-refractivity contribution in [1.29, 1.82) is 0 Å². The molecular formula is C12H13F5N2. The van der Waals surface area contributed by atoms with Gasteiger partial charge in [0.15, 0.2) is 23.3 Å². The number of nitrogens with zero attached hydrogens (tertiary/aromatic N) is 1. The standard InChI is InChI=1S/C12H13F5N2/c1-6-5-19(4-2-3-18-6)12-10(16)8(14)7(13)9(15)11(12)17/h6,18H,2-5H2,1H3. The van der Waals surface area contributed by atoms with Gasteiger partial charge in [-0.15, -0.1) is 0 Å². The molecule has 7 heteroatoms. The molecule has 1 N–H and O–H groups in total. The van der Waals surface area contributed by atoms with E-state index in [1.807, 2.05) is 0 Å². The molecule has 0 radical (unpaired) electrons. The number of rotatable bonds is 1. The molecule has 0 amide bonds. The van der Waals surface area contributed by atoms with Crippen molar-refractivity contribution < 1.29 is 22.0 Å². The molecule has 1 saturated heterocycles. The topological polar surface area (TPSA) is 15.3 Å². The van der Waals surface area contributed by atoms with Gasteiger partial charge in [0.25, 0.3) is 0 Å². The fourth-order valence-corrected chi connectivity index (χ4v) is 2.18. The van der Waals surface area contributed by atoms with Crippen LogP contribution in [0.25, 0.3) is 0 Å². The summed E-state index contributed by atoms with van der Waals surface area (Å²) in [5.74, 6) is -9.48. The normalized spacial score (nSPS) is 20.5. The Balaban J connectivity index is 2.49. The van der Waals surface area contributed by atoms with Crippen LogP contribution in [-0.2, 0) is 0 Å². The maximum absolute atomic E-state index is 13.7. The lowest BCUT2D eigenvalue weighted by Gasteiger charge is -2.26. The Bertz CT molecular complexity index is 462. The fourth-order valence-electron chi connectivity index (χ4n) is 2.18. The number of benzene rings is 1. The van der Waals surface area contributed by atoms with Gasteiger partial charge in [-0.1, -0.05) is 0 Å². The predicted molar refractivity (Wildman–Crippen MR) is 60.5 cm³/mol. The summed E-state index contributed by atoms with van der Waals surface area (Å²) in [6.45, 7) is 2.82. The van der Waals surface area contributed by atoms with Crippen LogP contribution >= 0.6 is 0 Å². The van der Waals surface area contributed by atoms with Crippen molar-refractivity contribution in [2.75, 3.05) is 24.5 Å². The molecule has 0 bridgehead atoms. The van der Waals surface area contributed by atoms with E-state index >= 15 is 0 Å². The minimum atomic E-state index is -2.13. The van der Waals surface area contributed by atoms with Gasteiger partial charge in [-0.2, -0.15) is 0 Å². The highest BCUT2D eigenvalue weighted by Crippen LogP contribution is 2.30. The molecule has 1 unspecified atom stereocenters. The Kier molecular flexibility index (Phi) is 3.93. The summed E-state index contributed by atoms with van der Waals surface area (Å²) in [7, 11) is 0. The van der Waals surface area contributed by atoms with Crippen molar-refractivity contribution in [3.8, 4) is 0 Å². The van der Waals surface area contributed by atoms with E-state index in [9.17, 15) is 22.0 Å². The second-order valence-corrected chi connectivity index (χ2v) is 4.57. The second kappa shape index (κ2) is 5.32. The van der Waals surface area contributed by atoms with Crippen molar-refractivity contribution in [1.82, 2.24) is 5.32 Å². The monoisotopic (exact) mass is 280 g/mol. The number of nitrogens with one attached hydrogen (secondary N) is 1. The van der Waals surface area contributed by atoms with E-state index in [1.165, 1.54) is 4.90 Å². The Morgan fingerprint density at radius 1 is 0.947 bits per heavy atom. The van der Waals surface area contributed by atoms with Gasteiger partial charge in [0.1, 0.15) is 5.69 Å². The Morgan fingerprint density at radius 2 is 1.47 bits per heavy atom. The lowest BCUT2D eigenvalue weighted by atomic mass is 10.2. The van der Waals surface area contributed by atoms with Gasteiger partial charge in [-0.3, -0.25) is 0 Å². The first-order valence-corrected chi connectivity index (χ1v) is 5.93. The second-order valence-electron chi connectivity index (χ2n) is 4.57. The molecule has 1 aromatic carbocycles. The van der Waals surface area contributed by atoms with E-state index in [2.05, 4.69) is 5.32 Å². The Hall–Kier alpha value is -1.37. The molecule has 0 aromatic heterocycles. The first-order chi connectivity index (χ1) is 8.93. The fraction of sp³-hybridized carbons (Fsp3) is 0.500. The van der Waals surface area contributed by atoms with Crippen LogP contribution < -0.4 is 10.2 Å². The Labute approximate surface area is 107 Å². The molecule has 0 saturated carbocycles. The zero-order valence-corrected chi connectivity index (χ0v) is 10.2. The number of hydrogen-bond acceptors (Lipinski definition) is 2. The molecule has 2 nitrogen and oxygen atoms in total. The zero-order valence-electron chi connectivity index (χ0n) is 10.2. The van der Waals surface area contributed by atoms with Gasteiger partial charge in [0, 0.05) is 19.1 Å². The molecular weight excluding hydrogens is 267 g/mol. The molecule has 1 aliphatic rings. The summed E-state index contributed by atoms with van der Waals surface area (Å²) >= 11 is 0. The van der Waals surface area contributed by atoms with Gasteiger partial charge < -0.3 is 10.2 Å². The molecule has 1 fully saturated rings. The van der Waals surface area contributed by atoms with Crippen LogP contribution in [0.2, 0.25) is 0 Å². The van der Waals surface area contributed by atoms with Crippen LogP contribution in [0.4, 0.5) is 27.6 Å². The highest BCUT2D eigenvalue weighted by atomic mass is 19.2. The molecule has 1 aromatic rings. The van der Waals surface area contributed by atoms with Gasteiger partial charge >= 0.3 is 0 Å². The van der Waals surface area contributed by atoms with Gasteiger partial charge in [0.2, 0.25) is 5.82 Å². The summed E-state index contributed by atoms with van der Waals surface area (Å²) in [6, 6.07) is -0.0996. The molecule has 0 aliphatic carbocycles. The predicted octanol–water partition coefficient (Wildman–Crippen LogP) is 2.57. The average molecular weight is 280 g/mol. The number of hydrogen-bond donors (Lipinski definition) is 1. The lowest BCUT2D eigenvalue weighted by Crippen LogP contribution is -2.36. The van der Waals surface area contributed by atoms with E-state index in [0.717, 1.165) is 0 Å². The van der Waals surface area contributed by atoms with Crippen LogP contribution in [-0.4, -0.2) is 25.7 Å². The zero-order chi connectivity index (χ0) is 14.2. The molecule has 1 atom stereocenters. The number of anilines is 1. The third-order valence-corrected chi connectivity index (χ3v) is 3.09. The summed E-state index contributed by atoms with van der Waals surface area (Å²) in [4.78, 5) is 1.20. The summed E-state index contributed by atoms with van der Waals surface area (Å²) < 4.78 is 66.6. The molecule has 1 aliphatic heterocycles. The molecule has 2 rings (SSSR count). The van der Waals surface area contributed by atoms with Crippen LogP contribution in [0.1, 0.15) is 13.3 Å². The van der Waals surface area contributed by atoms with Crippen molar-refractivity contribution in [3.05, 3.63) is 29.1 Å². The first kappa shape index (κ1) is 14.0. The van der Waals surface area contributed by atoms with Crippen molar-refractivity contribution in [2.24, 2.45) is 0 Å². The van der Waals surface area contributed by atoms with Gasteiger partial charge in [0.05, 0.1) is 0 Å². The number of halogens is 5. The SMILES string of the molecule is CC1CN(c2c(F)c(F)c(F)c(F)c2F)CCCN1. The molecule has 106 valence electrons. The molecule has 0 spiro atoms. The van der Waals surface area contributed by atoms with E-state index in [0.29, 0.717) is 13.0 Å². The first-order valence-electron chi connectivity index (χ1n) is 5.93. The quantitative estimate of drug-likeness (QED) is 0.483. The van der Waals surface area contributed by atoms with E-state index in [-0.39, 0.29) is 19.1 Å². The van der Waals surface area contributed by atoms with E-state index < -0.39 is 34.8 Å². The molecule has 1 heterocycles. The van der Waals surface area contributed by atoms with Gasteiger partial charge in [-0.25, -0.2) is 22.0 Å². The minimum absolute atomic E-state index is 0.0996. The van der Waals surface area contributed by atoms with Crippen LogP contribution in [0.5, 0.6) is 0 Å². The van der Waals surface area contributed by atoms with Crippen molar-refractivity contribution >= 4 is 5.69 Å². The summed E-state index contributed by atoms with van der Waals surface area (Å²) in [6.07, 6.45) is 0.559. The van der Waals surface area contributed by atoms with Gasteiger partial charge in [-0.05, 0) is 19.9 Å². The molecule has 19 heavy (non-hydrogen) atoms. The largest absolute Gasteiger partial charge is 0.365 e. The smallest absolute Gasteiger partial charge is 0.200 e. The summed E-state index contributed by atoms with van der Waals surface area (Å²) in [5, 5.41) is 3.08. The third-order valence-electron chi connectivity index (χ3n) is 3.09. The van der Waals surface area contributed by atoms with Crippen molar-refractivity contribution in [3.63, 3.8) is 0 Å². The van der Waals surface area contributed by atoms with Crippen LogP contribution in [0.15, 0.2) is 0 Å². The third kappa shape index (κ3) is 2.51. The van der Waals surface area contributed by atoms with E-state index in [1.54, 1.807) is 6.92 Å². The summed E-state index contributed by atoms with van der Waals surface area (Å²) in [5.41, 5.74) is -0.841. The van der Waals surface area contributed by atoms with E-state index in [4.69, 9.17) is 0 Å². The van der Waals surface area contributed by atoms with Crippen LogP contribution in [0.3, 0.4) is 0 Å². The highest BCUT2D eigenvalue weighted by Gasteiger charge is 2.30. The lowest BCUT2D eigenvalue weighted by molar-refractivity contribution is 0.377. The maximum Gasteiger partial charge on any atom is 0.200 e.